The maximum absolute atomic E-state index is 14.1. The van der Waals surface area contributed by atoms with Gasteiger partial charge in [-0.3, -0.25) is 0 Å². The zero-order valence-electron chi connectivity index (χ0n) is 16.5. The number of methoxy groups -OCH3 is 1. The SMILES string of the molecule is COc1ccc(F)cc1C(O)(/C(C)=C/c1ccc(Cl)cc1)C(C)CN(C)C. The van der Waals surface area contributed by atoms with E-state index >= 15 is 0 Å². The van der Waals surface area contributed by atoms with Gasteiger partial charge in [-0.15, -0.1) is 0 Å². The lowest BCUT2D eigenvalue weighted by Crippen LogP contribution is -2.40. The number of hydrogen-bond donors (Lipinski definition) is 1. The average molecular weight is 392 g/mol. The first-order valence-corrected chi connectivity index (χ1v) is 9.21. The van der Waals surface area contributed by atoms with Crippen molar-refractivity contribution in [2.45, 2.75) is 19.4 Å². The molecule has 0 saturated heterocycles. The van der Waals surface area contributed by atoms with Crippen molar-refractivity contribution in [3.63, 3.8) is 0 Å². The van der Waals surface area contributed by atoms with Gasteiger partial charge in [-0.25, -0.2) is 4.39 Å². The molecule has 1 N–H and O–H groups in total. The number of halogens is 2. The predicted octanol–water partition coefficient (Wildman–Crippen LogP) is 4.98. The number of hydrogen-bond acceptors (Lipinski definition) is 3. The van der Waals surface area contributed by atoms with Crippen LogP contribution in [0.2, 0.25) is 5.02 Å². The van der Waals surface area contributed by atoms with Gasteiger partial charge in [-0.1, -0.05) is 36.7 Å². The van der Waals surface area contributed by atoms with Crippen LogP contribution in [0.3, 0.4) is 0 Å². The van der Waals surface area contributed by atoms with Gasteiger partial charge in [0.1, 0.15) is 17.2 Å². The standard InChI is InChI=1S/C22H27ClFNO2/c1-15(12-17-6-8-18(23)9-7-17)22(26,16(2)14-25(3)4)20-13-19(24)10-11-21(20)27-5/h6-13,16,26H,14H2,1-5H3/b15-12+. The van der Waals surface area contributed by atoms with Gasteiger partial charge in [0.15, 0.2) is 0 Å². The fourth-order valence-electron chi connectivity index (χ4n) is 3.44. The summed E-state index contributed by atoms with van der Waals surface area (Å²) in [5.74, 6) is -0.180. The Morgan fingerprint density at radius 3 is 2.44 bits per heavy atom. The summed E-state index contributed by atoms with van der Waals surface area (Å²) in [4.78, 5) is 2.00. The Kier molecular flexibility index (Phi) is 7.04. The Labute approximate surface area is 166 Å². The van der Waals surface area contributed by atoms with E-state index in [1.807, 2.05) is 51.1 Å². The van der Waals surface area contributed by atoms with Gasteiger partial charge in [0.2, 0.25) is 0 Å². The highest BCUT2D eigenvalue weighted by Crippen LogP contribution is 2.42. The minimum atomic E-state index is -1.41. The second-order valence-corrected chi connectivity index (χ2v) is 7.59. The van der Waals surface area contributed by atoms with Crippen molar-refractivity contribution in [3.05, 3.63) is 70.0 Å². The van der Waals surface area contributed by atoms with Gasteiger partial charge >= 0.3 is 0 Å². The van der Waals surface area contributed by atoms with Crippen molar-refractivity contribution in [1.82, 2.24) is 4.90 Å². The van der Waals surface area contributed by atoms with E-state index in [0.717, 1.165) is 5.56 Å². The Bertz CT molecular complexity index is 804. The van der Waals surface area contributed by atoms with E-state index < -0.39 is 11.4 Å². The van der Waals surface area contributed by atoms with Gasteiger partial charge in [-0.05, 0) is 62.5 Å². The highest BCUT2D eigenvalue weighted by atomic mass is 35.5. The summed E-state index contributed by atoms with van der Waals surface area (Å²) in [6, 6.07) is 11.6. The molecule has 0 aromatic heterocycles. The second-order valence-electron chi connectivity index (χ2n) is 7.15. The number of aliphatic hydroxyl groups is 1. The summed E-state index contributed by atoms with van der Waals surface area (Å²) in [6.07, 6.45) is 1.90. The average Bonchev–Trinajstić information content (AvgIpc) is 2.62. The lowest BCUT2D eigenvalue weighted by molar-refractivity contribution is 0.00830. The van der Waals surface area contributed by atoms with Gasteiger partial charge in [0.25, 0.3) is 0 Å². The Morgan fingerprint density at radius 2 is 1.89 bits per heavy atom. The molecule has 0 heterocycles. The van der Waals surface area contributed by atoms with Crippen LogP contribution in [-0.2, 0) is 5.60 Å². The molecule has 2 aromatic carbocycles. The molecule has 0 bridgehead atoms. The van der Waals surface area contributed by atoms with Crippen LogP contribution in [0.15, 0.2) is 48.0 Å². The van der Waals surface area contributed by atoms with Gasteiger partial charge < -0.3 is 14.7 Å². The summed E-state index contributed by atoms with van der Waals surface area (Å²) in [6.45, 7) is 4.41. The molecule has 5 heteroatoms. The van der Waals surface area contributed by atoms with Crippen LogP contribution >= 0.6 is 11.6 Å². The molecule has 2 rings (SSSR count). The van der Waals surface area contributed by atoms with Crippen molar-refractivity contribution in [3.8, 4) is 5.75 Å². The van der Waals surface area contributed by atoms with Crippen LogP contribution in [0.4, 0.5) is 4.39 Å². The van der Waals surface area contributed by atoms with Gasteiger partial charge in [-0.2, -0.15) is 0 Å². The third-order valence-electron chi connectivity index (χ3n) is 4.78. The quantitative estimate of drug-likeness (QED) is 0.722. The van der Waals surface area contributed by atoms with Crippen LogP contribution in [-0.4, -0.2) is 37.8 Å². The van der Waals surface area contributed by atoms with Crippen molar-refractivity contribution in [2.75, 3.05) is 27.7 Å². The minimum Gasteiger partial charge on any atom is -0.496 e. The maximum Gasteiger partial charge on any atom is 0.125 e. The van der Waals surface area contributed by atoms with Gasteiger partial charge in [0, 0.05) is 23.0 Å². The summed E-state index contributed by atoms with van der Waals surface area (Å²) >= 11 is 5.96. The molecule has 0 aliphatic heterocycles. The normalized spacial score (nSPS) is 15.5. The number of rotatable bonds is 7. The molecule has 0 spiro atoms. The topological polar surface area (TPSA) is 32.7 Å². The summed E-state index contributed by atoms with van der Waals surface area (Å²) < 4.78 is 19.5. The van der Waals surface area contributed by atoms with Gasteiger partial charge in [0.05, 0.1) is 7.11 Å². The first-order chi connectivity index (χ1) is 12.7. The zero-order valence-corrected chi connectivity index (χ0v) is 17.2. The van der Waals surface area contributed by atoms with E-state index in [0.29, 0.717) is 28.5 Å². The molecule has 3 nitrogen and oxygen atoms in total. The zero-order chi connectivity index (χ0) is 20.2. The molecule has 2 aromatic rings. The molecule has 27 heavy (non-hydrogen) atoms. The molecule has 0 aliphatic rings. The van der Waals surface area contributed by atoms with E-state index in [4.69, 9.17) is 16.3 Å². The van der Waals surface area contributed by atoms with Crippen molar-refractivity contribution >= 4 is 17.7 Å². The molecule has 146 valence electrons. The molecule has 0 aliphatic carbocycles. The van der Waals surface area contributed by atoms with Crippen LogP contribution in [0.1, 0.15) is 25.0 Å². The van der Waals surface area contributed by atoms with E-state index in [1.165, 1.54) is 19.2 Å². The summed E-state index contributed by atoms with van der Waals surface area (Å²) in [5, 5.41) is 12.5. The maximum atomic E-state index is 14.1. The first kappa shape index (κ1) is 21.4. The lowest BCUT2D eigenvalue weighted by Gasteiger charge is -2.38. The highest BCUT2D eigenvalue weighted by molar-refractivity contribution is 6.30. The minimum absolute atomic E-state index is 0.216. The third-order valence-corrected chi connectivity index (χ3v) is 5.03. The van der Waals surface area contributed by atoms with E-state index in [-0.39, 0.29) is 5.92 Å². The number of ether oxygens (including phenoxy) is 1. The molecule has 0 amide bonds. The van der Waals surface area contributed by atoms with Crippen LogP contribution in [0.25, 0.3) is 6.08 Å². The third kappa shape index (κ3) is 4.89. The van der Waals surface area contributed by atoms with Crippen LogP contribution in [0.5, 0.6) is 5.75 Å². The van der Waals surface area contributed by atoms with Crippen molar-refractivity contribution in [1.29, 1.82) is 0 Å². The summed E-state index contributed by atoms with van der Waals surface area (Å²) in [7, 11) is 5.40. The number of nitrogens with zero attached hydrogens (tertiary/aromatic N) is 1. The largest absolute Gasteiger partial charge is 0.496 e. The second kappa shape index (κ2) is 8.87. The Hall–Kier alpha value is -1.88. The van der Waals surface area contributed by atoms with Crippen LogP contribution < -0.4 is 4.74 Å². The molecule has 2 unspecified atom stereocenters. The molecular weight excluding hydrogens is 365 g/mol. The Morgan fingerprint density at radius 1 is 1.26 bits per heavy atom. The molecule has 0 fully saturated rings. The van der Waals surface area contributed by atoms with E-state index in [9.17, 15) is 9.50 Å². The fourth-order valence-corrected chi connectivity index (χ4v) is 3.57. The lowest BCUT2D eigenvalue weighted by atomic mass is 9.75. The first-order valence-electron chi connectivity index (χ1n) is 8.84. The predicted molar refractivity (Wildman–Crippen MR) is 110 cm³/mol. The monoisotopic (exact) mass is 391 g/mol. The van der Waals surface area contributed by atoms with Crippen molar-refractivity contribution < 1.29 is 14.2 Å². The fraction of sp³-hybridized carbons (Fsp3) is 0.364. The Balaban J connectivity index is 2.63. The van der Waals surface area contributed by atoms with Crippen molar-refractivity contribution in [2.24, 2.45) is 5.92 Å². The molecule has 2 atom stereocenters. The molecule has 0 radical (unpaired) electrons. The van der Waals surface area contributed by atoms with E-state index in [1.54, 1.807) is 18.2 Å². The van der Waals surface area contributed by atoms with Crippen LogP contribution in [0, 0.1) is 11.7 Å². The smallest absolute Gasteiger partial charge is 0.125 e. The number of benzene rings is 2. The molecule has 0 saturated carbocycles. The highest BCUT2D eigenvalue weighted by Gasteiger charge is 2.40. The molecular formula is C22H27ClFNO2. The summed E-state index contributed by atoms with van der Waals surface area (Å²) in [5.41, 5.74) is 0.616. The van der Waals surface area contributed by atoms with E-state index in [2.05, 4.69) is 0 Å².